The van der Waals surface area contributed by atoms with Crippen molar-refractivity contribution in [2.24, 2.45) is 5.41 Å². The number of hydrogen-bond acceptors (Lipinski definition) is 5. The van der Waals surface area contributed by atoms with Crippen LogP contribution in [-0.2, 0) is 10.8 Å². The molecule has 0 fully saturated rings. The van der Waals surface area contributed by atoms with Crippen molar-refractivity contribution in [1.29, 1.82) is 10.5 Å². The highest BCUT2D eigenvalue weighted by Gasteiger charge is 2.34. The van der Waals surface area contributed by atoms with Gasteiger partial charge in [0.1, 0.15) is 6.33 Å². The van der Waals surface area contributed by atoms with E-state index in [9.17, 15) is 10.5 Å². The number of rotatable bonds is 10. The van der Waals surface area contributed by atoms with Crippen LogP contribution >= 0.6 is 22.6 Å². The van der Waals surface area contributed by atoms with Gasteiger partial charge >= 0.3 is 0 Å². The number of nitrogens with one attached hydrogen (secondary N) is 1. The Bertz CT molecular complexity index is 1450. The molecule has 0 aliphatic heterocycles. The average molecular weight is 626 g/mol. The molecule has 39 heavy (non-hydrogen) atoms. The zero-order valence-corrected chi connectivity index (χ0v) is 24.6. The molecule has 196 valence electrons. The first kappa shape index (κ1) is 28.4. The van der Waals surface area contributed by atoms with Crippen LogP contribution in [0, 0.1) is 28.1 Å². The molecule has 0 radical (unpaired) electrons. The largest absolute Gasteiger partial charge is 0.305 e. The van der Waals surface area contributed by atoms with Crippen LogP contribution < -0.4 is 5.32 Å². The highest BCUT2D eigenvalue weighted by molar-refractivity contribution is 14.1. The van der Waals surface area contributed by atoms with Crippen LogP contribution in [0.25, 0.3) is 11.1 Å². The molecule has 0 amide bonds. The van der Waals surface area contributed by atoms with Gasteiger partial charge in [0.25, 0.3) is 0 Å². The summed E-state index contributed by atoms with van der Waals surface area (Å²) in [6.45, 7) is 6.13. The van der Waals surface area contributed by atoms with Crippen LogP contribution in [0.1, 0.15) is 60.5 Å². The van der Waals surface area contributed by atoms with Crippen LogP contribution in [0.3, 0.4) is 0 Å². The van der Waals surface area contributed by atoms with Crippen molar-refractivity contribution in [3.63, 3.8) is 0 Å². The summed E-state index contributed by atoms with van der Waals surface area (Å²) in [5.41, 5.74) is 6.68. The number of nitrogens with zero attached hydrogens (tertiary/aromatic N) is 4. The van der Waals surface area contributed by atoms with Gasteiger partial charge in [-0.05, 0) is 67.1 Å². The van der Waals surface area contributed by atoms with E-state index in [0.29, 0.717) is 5.56 Å². The van der Waals surface area contributed by atoms with E-state index in [1.54, 1.807) is 12.4 Å². The number of hydrogen-bond donors (Lipinski definition) is 1. The molecule has 1 aromatic heterocycles. The maximum absolute atomic E-state index is 10.1. The van der Waals surface area contributed by atoms with E-state index < -0.39 is 5.41 Å². The molecule has 6 heteroatoms. The van der Waals surface area contributed by atoms with Crippen LogP contribution in [0.2, 0.25) is 0 Å². The van der Waals surface area contributed by atoms with Crippen molar-refractivity contribution in [3.8, 4) is 23.3 Å². The van der Waals surface area contributed by atoms with Gasteiger partial charge < -0.3 is 5.32 Å². The lowest BCUT2D eigenvalue weighted by Gasteiger charge is -2.36. The number of nitriles is 2. The van der Waals surface area contributed by atoms with E-state index >= 15 is 0 Å². The minimum Gasteiger partial charge on any atom is -0.305 e. The van der Waals surface area contributed by atoms with Gasteiger partial charge in [-0.15, -0.1) is 0 Å². The zero-order chi connectivity index (χ0) is 27.8. The van der Waals surface area contributed by atoms with Gasteiger partial charge in [-0.25, -0.2) is 9.97 Å². The third kappa shape index (κ3) is 7.09. The Hall–Kier alpha value is -3.59. The van der Waals surface area contributed by atoms with Crippen LogP contribution in [0.5, 0.6) is 0 Å². The normalized spacial score (nSPS) is 13.6. The Kier molecular flexibility index (Phi) is 9.45. The Morgan fingerprint density at radius 2 is 1.54 bits per heavy atom. The van der Waals surface area contributed by atoms with E-state index in [1.807, 2.05) is 32.0 Å². The molecule has 0 saturated carbocycles. The van der Waals surface area contributed by atoms with Gasteiger partial charge in [-0.2, -0.15) is 10.5 Å². The Morgan fingerprint density at radius 1 is 0.872 bits per heavy atom. The number of alkyl halides is 1. The van der Waals surface area contributed by atoms with E-state index in [4.69, 9.17) is 0 Å². The fourth-order valence-electron chi connectivity index (χ4n) is 4.92. The Morgan fingerprint density at radius 3 is 2.15 bits per heavy atom. The first-order valence-electron chi connectivity index (χ1n) is 13.0. The quantitative estimate of drug-likeness (QED) is 0.145. The monoisotopic (exact) mass is 625 g/mol. The third-order valence-corrected chi connectivity index (χ3v) is 8.14. The van der Waals surface area contributed by atoms with E-state index in [1.165, 1.54) is 17.5 Å². The topological polar surface area (TPSA) is 85.4 Å². The predicted octanol–water partition coefficient (Wildman–Crippen LogP) is 7.55. The van der Waals surface area contributed by atoms with E-state index in [0.717, 1.165) is 33.1 Å². The van der Waals surface area contributed by atoms with Crippen molar-refractivity contribution in [2.75, 3.05) is 0 Å². The highest BCUT2D eigenvalue weighted by Crippen LogP contribution is 2.36. The molecule has 0 aliphatic rings. The summed E-state index contributed by atoms with van der Waals surface area (Å²) in [6, 6.07) is 29.6. The van der Waals surface area contributed by atoms with Crippen molar-refractivity contribution < 1.29 is 0 Å². The molecule has 0 spiro atoms. The fourth-order valence-corrected chi connectivity index (χ4v) is 5.43. The zero-order valence-electron chi connectivity index (χ0n) is 22.5. The third-order valence-electron chi connectivity index (χ3n) is 7.26. The summed E-state index contributed by atoms with van der Waals surface area (Å²) in [4.78, 5) is 8.26. The first-order chi connectivity index (χ1) is 18.8. The molecular formula is C33H32IN5. The van der Waals surface area contributed by atoms with Gasteiger partial charge in [-0.3, -0.25) is 0 Å². The summed E-state index contributed by atoms with van der Waals surface area (Å²) in [5, 5.41) is 23.5. The van der Waals surface area contributed by atoms with Crippen LogP contribution in [-0.4, -0.2) is 16.0 Å². The first-order valence-corrected chi connectivity index (χ1v) is 14.5. The number of benzene rings is 3. The molecule has 4 rings (SSSR count). The Balaban J connectivity index is 1.67. The van der Waals surface area contributed by atoms with Crippen molar-refractivity contribution in [3.05, 3.63) is 119 Å². The molecule has 0 saturated heterocycles. The summed E-state index contributed by atoms with van der Waals surface area (Å²) in [5.74, 6) is 0.0986. The molecule has 1 N–H and O–H groups in total. The molecule has 1 heterocycles. The summed E-state index contributed by atoms with van der Waals surface area (Å²) >= 11 is 2.38. The lowest BCUT2D eigenvalue weighted by molar-refractivity contribution is 0.281. The lowest BCUT2D eigenvalue weighted by atomic mass is 9.79. The van der Waals surface area contributed by atoms with Crippen LogP contribution in [0.15, 0.2) is 91.5 Å². The van der Waals surface area contributed by atoms with Gasteiger partial charge in [0.2, 0.25) is 0 Å². The maximum Gasteiger partial charge on any atom is 0.115 e. The minimum absolute atomic E-state index is 0.0167. The fraction of sp³-hybridized carbons (Fsp3) is 0.273. The summed E-state index contributed by atoms with van der Waals surface area (Å²) in [7, 11) is 0. The smallest absolute Gasteiger partial charge is 0.115 e. The molecule has 4 aromatic rings. The molecule has 5 nitrogen and oxygen atoms in total. The highest BCUT2D eigenvalue weighted by atomic mass is 127. The summed E-state index contributed by atoms with van der Waals surface area (Å²) in [6.07, 6.45) is 5.93. The van der Waals surface area contributed by atoms with Gasteiger partial charge in [0.15, 0.2) is 0 Å². The molecule has 1 unspecified atom stereocenters. The molecule has 0 aliphatic carbocycles. The molecule has 0 bridgehead atoms. The summed E-state index contributed by atoms with van der Waals surface area (Å²) < 4.78 is 0.977. The second kappa shape index (κ2) is 13.0. The van der Waals surface area contributed by atoms with Gasteiger partial charge in [0, 0.05) is 34.3 Å². The second-order valence-electron chi connectivity index (χ2n) is 10.5. The van der Waals surface area contributed by atoms with Crippen molar-refractivity contribution in [1.82, 2.24) is 15.3 Å². The van der Waals surface area contributed by atoms with Gasteiger partial charge in [0.05, 0.1) is 29.2 Å². The Labute approximate surface area is 245 Å². The lowest BCUT2D eigenvalue weighted by Crippen LogP contribution is -2.42. The van der Waals surface area contributed by atoms with E-state index in [2.05, 4.69) is 112 Å². The predicted molar refractivity (Wildman–Crippen MR) is 164 cm³/mol. The van der Waals surface area contributed by atoms with Crippen molar-refractivity contribution >= 4 is 22.6 Å². The minimum atomic E-state index is -0.660. The molecular weight excluding hydrogens is 593 g/mol. The van der Waals surface area contributed by atoms with Crippen LogP contribution in [0.4, 0.5) is 0 Å². The SMILES string of the molecule is C[C@H](NC(c1ccc(-c2cncnc2)cc1)C(C)(C)C#N)[C@@H](Cc1ccc(CI)cc1)c1cccc(C#N)c1. The average Bonchev–Trinajstić information content (AvgIpc) is 2.99. The van der Waals surface area contributed by atoms with Crippen molar-refractivity contribution in [2.45, 2.75) is 49.6 Å². The number of aromatic nitrogens is 2. The van der Waals surface area contributed by atoms with Gasteiger partial charge in [-0.1, -0.05) is 83.3 Å². The standard InChI is InChI=1S/C33H32IN5/c1-23(31(29-6-4-5-26(15-29)18-35)16-24-7-9-25(17-34)10-8-24)39-32(33(2,3)21-36)28-13-11-27(12-14-28)30-19-37-22-38-20-30/h4-15,19-20,22-23,31-32,39H,16-17H2,1-3H3/t23-,31+,32?/m0/s1. The second-order valence-corrected chi connectivity index (χ2v) is 11.2. The maximum atomic E-state index is 10.1. The molecule has 3 atom stereocenters. The molecule has 3 aromatic carbocycles. The van der Waals surface area contributed by atoms with E-state index in [-0.39, 0.29) is 18.0 Å². The number of halogens is 1.